The number of alkyl halides is 1. The van der Waals surface area contributed by atoms with Crippen molar-refractivity contribution in [1.29, 1.82) is 0 Å². The molecule has 19 heavy (non-hydrogen) atoms. The second-order valence-corrected chi connectivity index (χ2v) is 4.99. The number of aromatic amines is 1. The number of nitrogens with two attached hydrogens (primary N) is 1. The van der Waals surface area contributed by atoms with E-state index in [1.165, 1.54) is 0 Å². The Morgan fingerprint density at radius 3 is 2.84 bits per heavy atom. The van der Waals surface area contributed by atoms with Crippen molar-refractivity contribution in [1.82, 2.24) is 10.2 Å². The lowest BCUT2D eigenvalue weighted by atomic mass is 9.95. The number of rotatable bonds is 2. The third kappa shape index (κ3) is 1.64. The molecule has 1 aliphatic rings. The lowest BCUT2D eigenvalue weighted by molar-refractivity contribution is 0.464. The first-order valence-electron chi connectivity index (χ1n) is 6.27. The molecule has 3 N–H and O–H groups in total. The molecule has 1 aliphatic carbocycles. The van der Waals surface area contributed by atoms with Gasteiger partial charge in [-0.25, -0.2) is 8.78 Å². The molecule has 3 rings (SSSR count). The second-order valence-electron chi connectivity index (χ2n) is 4.99. The summed E-state index contributed by atoms with van der Waals surface area (Å²) in [7, 11) is 0. The zero-order chi connectivity index (χ0) is 13.7. The average Bonchev–Trinajstić information content (AvgIpc) is 2.90. The lowest BCUT2D eigenvalue weighted by Crippen LogP contribution is -2.05. The smallest absolute Gasteiger partial charge is 0.132 e. The molecule has 5 heteroatoms. The molecule has 2 unspecified atom stereocenters. The normalized spacial score (nSPS) is 23.1. The predicted molar refractivity (Wildman–Crippen MR) is 70.9 cm³/mol. The molecule has 2 aromatic rings. The van der Waals surface area contributed by atoms with Gasteiger partial charge in [-0.15, -0.1) is 0 Å². The van der Waals surface area contributed by atoms with Crippen molar-refractivity contribution in [3.05, 3.63) is 34.8 Å². The zero-order valence-corrected chi connectivity index (χ0v) is 10.8. The molecule has 1 heterocycles. The monoisotopic (exact) mass is 263 g/mol. The van der Waals surface area contributed by atoms with Crippen molar-refractivity contribution in [2.24, 2.45) is 5.73 Å². The molecule has 1 fully saturated rings. The number of nitrogens with one attached hydrogen (secondary N) is 1. The summed E-state index contributed by atoms with van der Waals surface area (Å²) in [5.74, 6) is -0.732. The Morgan fingerprint density at radius 1 is 1.58 bits per heavy atom. The number of hydrogen-bond acceptors (Lipinski definition) is 2. The van der Waals surface area contributed by atoms with Gasteiger partial charge in [-0.3, -0.25) is 5.10 Å². The summed E-state index contributed by atoms with van der Waals surface area (Å²) in [5.41, 5.74) is 8.51. The van der Waals surface area contributed by atoms with Crippen molar-refractivity contribution in [2.45, 2.75) is 32.4 Å². The predicted octanol–water partition coefficient (Wildman–Crippen LogP) is 3.16. The maximum atomic E-state index is 14.5. The van der Waals surface area contributed by atoms with Gasteiger partial charge in [0.05, 0.1) is 11.7 Å². The Morgan fingerprint density at radius 2 is 2.26 bits per heavy atom. The fourth-order valence-corrected chi connectivity index (χ4v) is 2.63. The number of H-pyrrole nitrogens is 1. The summed E-state index contributed by atoms with van der Waals surface area (Å²) in [6, 6.07) is 0. The highest BCUT2D eigenvalue weighted by molar-refractivity contribution is 5.94. The molecule has 1 aromatic carbocycles. The summed E-state index contributed by atoms with van der Waals surface area (Å²) >= 11 is 0. The van der Waals surface area contributed by atoms with Crippen LogP contribution in [0.15, 0.2) is 12.3 Å². The molecule has 0 radical (unpaired) electrons. The number of allylic oxidation sites excluding steroid dienone is 1. The Labute approximate surface area is 109 Å². The minimum absolute atomic E-state index is 0.359. The maximum absolute atomic E-state index is 14.5. The van der Waals surface area contributed by atoms with Gasteiger partial charge >= 0.3 is 0 Å². The van der Waals surface area contributed by atoms with E-state index in [0.717, 1.165) is 5.39 Å². The molecule has 0 amide bonds. The van der Waals surface area contributed by atoms with Gasteiger partial charge in [0.15, 0.2) is 0 Å². The maximum Gasteiger partial charge on any atom is 0.132 e. The Hall–Kier alpha value is -1.91. The van der Waals surface area contributed by atoms with Gasteiger partial charge < -0.3 is 5.73 Å². The topological polar surface area (TPSA) is 54.7 Å². The molecule has 0 aliphatic heterocycles. The van der Waals surface area contributed by atoms with E-state index < -0.39 is 6.17 Å². The van der Waals surface area contributed by atoms with Crippen LogP contribution in [0.4, 0.5) is 8.78 Å². The van der Waals surface area contributed by atoms with Crippen LogP contribution in [0.1, 0.15) is 36.0 Å². The fourth-order valence-electron chi connectivity index (χ4n) is 2.63. The van der Waals surface area contributed by atoms with Crippen LogP contribution in [0, 0.1) is 12.7 Å². The number of benzene rings is 1. The number of hydrogen-bond donors (Lipinski definition) is 2. The highest BCUT2D eigenvalue weighted by Gasteiger charge is 2.42. The van der Waals surface area contributed by atoms with Gasteiger partial charge in [0, 0.05) is 28.1 Å². The van der Waals surface area contributed by atoms with E-state index in [0.29, 0.717) is 34.3 Å². The van der Waals surface area contributed by atoms with Gasteiger partial charge in [-0.05, 0) is 25.8 Å². The van der Waals surface area contributed by atoms with Crippen LogP contribution in [0.25, 0.3) is 16.6 Å². The highest BCUT2D eigenvalue weighted by Crippen LogP contribution is 2.48. The van der Waals surface area contributed by atoms with Crippen LogP contribution in [0.2, 0.25) is 0 Å². The van der Waals surface area contributed by atoms with Crippen molar-refractivity contribution in [3.8, 4) is 0 Å². The Balaban J connectivity index is 2.37. The van der Waals surface area contributed by atoms with Crippen LogP contribution in [0.5, 0.6) is 0 Å². The molecular weight excluding hydrogens is 248 g/mol. The molecule has 0 saturated heterocycles. The van der Waals surface area contributed by atoms with Crippen molar-refractivity contribution < 1.29 is 8.78 Å². The van der Waals surface area contributed by atoms with Crippen molar-refractivity contribution >= 4 is 16.6 Å². The summed E-state index contributed by atoms with van der Waals surface area (Å²) in [6.45, 7) is 3.47. The van der Waals surface area contributed by atoms with E-state index in [1.54, 1.807) is 26.1 Å². The molecule has 1 saturated carbocycles. The SMILES string of the molecule is C/C=C(\N)c1c(C)c(F)c(C2CC2F)c2[nH]ncc12. The standard InChI is InChI=1S/C14H15F2N3/c1-3-10(17)11-6(2)13(16)12(7-4-9(7)15)14-8(11)5-18-19-14/h3,5,7,9H,4,17H2,1-2H3,(H,18,19)/b10-3-. The van der Waals surface area contributed by atoms with Crippen LogP contribution >= 0.6 is 0 Å². The van der Waals surface area contributed by atoms with Gasteiger partial charge in [0.25, 0.3) is 0 Å². The van der Waals surface area contributed by atoms with Crippen molar-refractivity contribution in [2.75, 3.05) is 0 Å². The van der Waals surface area contributed by atoms with Crippen LogP contribution < -0.4 is 5.73 Å². The summed E-state index contributed by atoms with van der Waals surface area (Å²) in [4.78, 5) is 0. The molecular formula is C14H15F2N3. The van der Waals surface area contributed by atoms with E-state index in [2.05, 4.69) is 10.2 Å². The Kier molecular flexibility index (Phi) is 2.59. The number of aromatic nitrogens is 2. The zero-order valence-electron chi connectivity index (χ0n) is 10.8. The minimum Gasteiger partial charge on any atom is -0.398 e. The summed E-state index contributed by atoms with van der Waals surface area (Å²) in [5, 5.41) is 7.49. The summed E-state index contributed by atoms with van der Waals surface area (Å²) in [6.07, 6.45) is 2.77. The first-order valence-corrected chi connectivity index (χ1v) is 6.27. The van der Waals surface area contributed by atoms with Gasteiger partial charge in [-0.1, -0.05) is 6.08 Å². The van der Waals surface area contributed by atoms with Gasteiger partial charge in [0.1, 0.15) is 12.0 Å². The first kappa shape index (κ1) is 12.1. The Bertz CT molecular complexity index is 688. The van der Waals surface area contributed by atoms with Crippen molar-refractivity contribution in [3.63, 3.8) is 0 Å². The first-order chi connectivity index (χ1) is 9.06. The molecule has 1 aromatic heterocycles. The number of halogens is 2. The summed E-state index contributed by atoms with van der Waals surface area (Å²) < 4.78 is 27.8. The van der Waals surface area contributed by atoms with E-state index in [4.69, 9.17) is 5.73 Å². The van der Waals surface area contributed by atoms with Gasteiger partial charge in [-0.2, -0.15) is 5.10 Å². The number of fused-ring (bicyclic) bond motifs is 1. The molecule has 0 spiro atoms. The highest BCUT2D eigenvalue weighted by atomic mass is 19.1. The van der Waals surface area contributed by atoms with E-state index in [-0.39, 0.29) is 11.7 Å². The van der Waals surface area contributed by atoms with Gasteiger partial charge in [0.2, 0.25) is 0 Å². The second kappa shape index (κ2) is 4.05. The molecule has 3 nitrogen and oxygen atoms in total. The van der Waals surface area contributed by atoms with Crippen LogP contribution in [-0.4, -0.2) is 16.4 Å². The average molecular weight is 263 g/mol. The van der Waals surface area contributed by atoms with E-state index >= 15 is 0 Å². The molecule has 2 atom stereocenters. The minimum atomic E-state index is -0.953. The van der Waals surface area contributed by atoms with Crippen LogP contribution in [0.3, 0.4) is 0 Å². The van der Waals surface area contributed by atoms with Crippen LogP contribution in [-0.2, 0) is 0 Å². The molecule has 0 bridgehead atoms. The third-order valence-corrected chi connectivity index (χ3v) is 3.80. The number of nitrogens with zero attached hydrogens (tertiary/aromatic N) is 1. The quantitative estimate of drug-likeness (QED) is 0.874. The van der Waals surface area contributed by atoms with E-state index in [1.807, 2.05) is 0 Å². The lowest BCUT2D eigenvalue weighted by Gasteiger charge is -2.13. The largest absolute Gasteiger partial charge is 0.398 e. The van der Waals surface area contributed by atoms with E-state index in [9.17, 15) is 8.78 Å². The fraction of sp³-hybridized carbons (Fsp3) is 0.357. The third-order valence-electron chi connectivity index (χ3n) is 3.80. The molecule has 100 valence electrons.